The van der Waals surface area contributed by atoms with Crippen LogP contribution in [0.1, 0.15) is 38.8 Å². The van der Waals surface area contributed by atoms with Crippen LogP contribution in [-0.2, 0) is 0 Å². The highest BCUT2D eigenvalue weighted by Gasteiger charge is 2.32. The van der Waals surface area contributed by atoms with Crippen LogP contribution in [0.3, 0.4) is 0 Å². The number of hydrazine groups is 4. The number of hydrazone groups is 2. The second-order valence-corrected chi connectivity index (χ2v) is 17.6. The molecule has 0 fully saturated rings. The van der Waals surface area contributed by atoms with Crippen molar-refractivity contribution in [3.8, 4) is 34.1 Å². The molecule has 24 heteroatoms. The van der Waals surface area contributed by atoms with Crippen LogP contribution in [0.4, 0.5) is 34.1 Å². The van der Waals surface area contributed by atoms with Gasteiger partial charge in [0.1, 0.15) is 59.8 Å². The third-order valence-corrected chi connectivity index (χ3v) is 12.8. The summed E-state index contributed by atoms with van der Waals surface area (Å²) in [4.78, 5) is 26.5. The van der Waals surface area contributed by atoms with Crippen LogP contribution in [0.5, 0.6) is 23.0 Å². The van der Waals surface area contributed by atoms with Gasteiger partial charge in [-0.15, -0.1) is 35.0 Å². The maximum absolute atomic E-state index is 11.6. The number of nitro benzene ring substituents is 2. The van der Waals surface area contributed by atoms with Crippen molar-refractivity contribution < 1.29 is 39.0 Å². The number of anilines is 4. The fraction of sp³-hybridized carbons (Fsp3) is 0.296. The Balaban J connectivity index is 0.00000492. The van der Waals surface area contributed by atoms with E-state index in [1.54, 1.807) is 83.2 Å². The number of amidine groups is 2. The quantitative estimate of drug-likeness (QED) is 0.0311. The monoisotopic (exact) mass is 1110 g/mol. The summed E-state index contributed by atoms with van der Waals surface area (Å²) in [6.45, 7) is 12.8. The zero-order chi connectivity index (χ0) is 53.9. The Morgan fingerprint density at radius 1 is 0.526 bits per heavy atom. The Morgan fingerprint density at radius 3 is 1.17 bits per heavy atom. The molecule has 0 bridgehead atoms. The second kappa shape index (κ2) is 27.3. The summed E-state index contributed by atoms with van der Waals surface area (Å²) < 4.78 is 23.9. The second-order valence-electron chi connectivity index (χ2n) is 17.6. The third kappa shape index (κ3) is 13.9. The molecule has 6 aromatic carbocycles. The standard InChI is InChI=1S/C54H62N12O10.2ClH/c1-7-59(8-2)33-45(67)35-75-47-25-11-37(12-26-47)53-55-61(41-17-21-43(22-18-41)65(69)70)63(57-53)49-29-15-39(31-51(49)73-5)40-16-30-50(52(32-40)74-6)64-58-54(56-62(64)42-19-23-44(24-20-42)66(71)72)38-13-27-48(28-14-38)76-36-46(68)34-60(9-3)10-4;;/h11-32,45-46,67-68H,7-10,33-36H2,1-6H3,(H,55,57)(H,56,58);2*1H. The summed E-state index contributed by atoms with van der Waals surface area (Å²) in [6, 6.07) is 37.9. The zero-order valence-corrected chi connectivity index (χ0v) is 45.6. The van der Waals surface area contributed by atoms with Gasteiger partial charge in [0.25, 0.3) is 11.4 Å². The molecule has 2 atom stereocenters. The van der Waals surface area contributed by atoms with Crippen molar-refractivity contribution in [1.29, 1.82) is 0 Å². The third-order valence-electron chi connectivity index (χ3n) is 12.8. The number of hydrogen-bond acceptors (Lipinski definition) is 20. The molecule has 414 valence electrons. The number of nitro groups is 2. The Labute approximate surface area is 464 Å². The van der Waals surface area contributed by atoms with Gasteiger partial charge >= 0.3 is 0 Å². The van der Waals surface area contributed by atoms with Crippen LogP contribution in [0, 0.1) is 20.2 Å². The van der Waals surface area contributed by atoms with E-state index in [4.69, 9.17) is 29.2 Å². The maximum atomic E-state index is 11.6. The fourth-order valence-corrected chi connectivity index (χ4v) is 8.48. The minimum absolute atomic E-state index is 0. The molecule has 4 N–H and O–H groups in total. The lowest BCUT2D eigenvalue weighted by Crippen LogP contribution is -2.45. The van der Waals surface area contributed by atoms with Crippen LogP contribution < -0.4 is 50.3 Å². The highest BCUT2D eigenvalue weighted by Crippen LogP contribution is 2.40. The van der Waals surface area contributed by atoms with Crippen LogP contribution in [-0.4, -0.2) is 120 Å². The Bertz CT molecular complexity index is 2800. The van der Waals surface area contributed by atoms with Crippen LogP contribution in [0.15, 0.2) is 144 Å². The lowest BCUT2D eigenvalue weighted by molar-refractivity contribution is -0.385. The summed E-state index contributed by atoms with van der Waals surface area (Å²) >= 11 is 0. The Kier molecular flexibility index (Phi) is 20.7. The topological polar surface area (TPSA) is 232 Å². The number of likely N-dealkylation sites (N-methyl/N-ethyl adjacent to an activating group) is 2. The van der Waals surface area contributed by atoms with Crippen molar-refractivity contribution in [2.75, 3.05) is 87.2 Å². The van der Waals surface area contributed by atoms with E-state index >= 15 is 0 Å². The van der Waals surface area contributed by atoms with Crippen molar-refractivity contribution in [3.63, 3.8) is 0 Å². The van der Waals surface area contributed by atoms with Gasteiger partial charge in [0, 0.05) is 48.5 Å². The van der Waals surface area contributed by atoms with Gasteiger partial charge in [0.15, 0.2) is 11.7 Å². The van der Waals surface area contributed by atoms with E-state index in [1.165, 1.54) is 24.3 Å². The number of hydrogen-bond donors (Lipinski definition) is 4. The average molecular weight is 1110 g/mol. The molecule has 22 nitrogen and oxygen atoms in total. The number of halogens is 2. The van der Waals surface area contributed by atoms with Crippen LogP contribution >= 0.6 is 24.8 Å². The van der Waals surface area contributed by atoms with Gasteiger partial charge in [-0.1, -0.05) is 39.8 Å². The largest absolute Gasteiger partial charge is 0.494 e. The van der Waals surface area contributed by atoms with E-state index in [1.807, 2.05) is 88.4 Å². The number of benzene rings is 6. The summed E-state index contributed by atoms with van der Waals surface area (Å²) in [5.74, 6) is 3.00. The maximum Gasteiger partial charge on any atom is 0.269 e. The van der Waals surface area contributed by atoms with Gasteiger partial charge in [-0.3, -0.25) is 31.1 Å². The van der Waals surface area contributed by atoms with Crippen LogP contribution in [0.2, 0.25) is 0 Å². The summed E-state index contributed by atoms with van der Waals surface area (Å²) in [5, 5.41) is 60.6. The molecule has 2 aliphatic rings. The minimum atomic E-state index is -0.654. The molecular weight excluding hydrogens is 1050 g/mol. The molecule has 0 amide bonds. The first kappa shape index (κ1) is 59.1. The lowest BCUT2D eigenvalue weighted by atomic mass is 10.0. The van der Waals surface area contributed by atoms with E-state index in [0.29, 0.717) is 81.6 Å². The summed E-state index contributed by atoms with van der Waals surface area (Å²) in [7, 11) is 3.11. The highest BCUT2D eigenvalue weighted by molar-refractivity contribution is 6.03. The predicted octanol–water partition coefficient (Wildman–Crippen LogP) is 8.41. The molecule has 2 heterocycles. The number of aliphatic hydroxyl groups excluding tert-OH is 2. The van der Waals surface area contributed by atoms with Gasteiger partial charge in [-0.25, -0.2) is 0 Å². The van der Waals surface area contributed by atoms with Crippen molar-refractivity contribution in [2.45, 2.75) is 39.9 Å². The molecule has 0 saturated carbocycles. The molecule has 0 aromatic heterocycles. The van der Waals surface area contributed by atoms with Gasteiger partial charge < -0.3 is 39.0 Å². The first-order valence-corrected chi connectivity index (χ1v) is 24.9. The van der Waals surface area contributed by atoms with Crippen molar-refractivity contribution in [1.82, 2.24) is 20.7 Å². The molecule has 0 radical (unpaired) electrons. The molecule has 0 spiro atoms. The van der Waals surface area contributed by atoms with Crippen LogP contribution in [0.25, 0.3) is 11.1 Å². The van der Waals surface area contributed by atoms with E-state index < -0.39 is 22.1 Å². The number of nitrogens with one attached hydrogen (secondary N) is 2. The molecule has 2 unspecified atom stereocenters. The number of aliphatic hydroxyl groups is 2. The van der Waals surface area contributed by atoms with E-state index in [0.717, 1.165) is 37.3 Å². The zero-order valence-electron chi connectivity index (χ0n) is 44.0. The van der Waals surface area contributed by atoms with Crippen molar-refractivity contribution >= 4 is 70.6 Å². The van der Waals surface area contributed by atoms with Crippen molar-refractivity contribution in [3.05, 3.63) is 165 Å². The molecule has 8 rings (SSSR count). The van der Waals surface area contributed by atoms with Gasteiger partial charge in [-0.05, 0) is 134 Å². The molecule has 2 aliphatic heterocycles. The molecular formula is C54H64Cl2N12O10. The first-order chi connectivity index (χ1) is 36.8. The number of ether oxygens (including phenoxy) is 4. The molecule has 0 saturated heterocycles. The molecule has 78 heavy (non-hydrogen) atoms. The average Bonchev–Trinajstić information content (AvgIpc) is 4.11. The predicted molar refractivity (Wildman–Crippen MR) is 306 cm³/mol. The first-order valence-electron chi connectivity index (χ1n) is 24.9. The van der Waals surface area contributed by atoms with Gasteiger partial charge in [0.2, 0.25) is 0 Å². The van der Waals surface area contributed by atoms with Gasteiger partial charge in [0.05, 0.1) is 35.4 Å². The Morgan fingerprint density at radius 2 is 0.859 bits per heavy atom. The smallest absolute Gasteiger partial charge is 0.269 e. The number of rotatable bonds is 25. The molecule has 0 aliphatic carbocycles. The van der Waals surface area contributed by atoms with E-state index in [2.05, 4.69) is 20.7 Å². The number of non-ortho nitro benzene ring substituents is 2. The fourth-order valence-electron chi connectivity index (χ4n) is 8.48. The van der Waals surface area contributed by atoms with E-state index in [9.17, 15) is 30.4 Å². The number of methoxy groups -OCH3 is 2. The van der Waals surface area contributed by atoms with Crippen molar-refractivity contribution in [2.24, 2.45) is 10.2 Å². The molecule has 6 aromatic rings. The summed E-state index contributed by atoms with van der Waals surface area (Å²) in [6.07, 6.45) is -1.31. The van der Waals surface area contributed by atoms with Gasteiger partial charge in [-0.2, -0.15) is 20.5 Å². The highest BCUT2D eigenvalue weighted by atomic mass is 35.5. The van der Waals surface area contributed by atoms with E-state index in [-0.39, 0.29) is 49.4 Å². The minimum Gasteiger partial charge on any atom is -0.494 e. The Hall–Kier alpha value is -8.12. The summed E-state index contributed by atoms with van der Waals surface area (Å²) in [5.41, 5.74) is 11.8. The number of nitrogens with zero attached hydrogens (tertiary/aromatic N) is 10. The lowest BCUT2D eigenvalue weighted by Gasteiger charge is -2.30. The SMILES string of the molecule is CCN(CC)CC(O)COc1ccc(C2=NN(c3ccc([N+](=O)[O-])cc3)N(c3ccc(-c4ccc(N5NC(c6ccc(OCC(O)CN(CC)CC)cc6)=NN5c5ccc([N+](=O)[O-])cc5)c(OC)c4)cc3OC)N2)cc1.Cl.Cl. The normalized spacial score (nSPS) is 13.7.